The first kappa shape index (κ1) is 13.8. The zero-order valence-corrected chi connectivity index (χ0v) is 12.3. The van der Waals surface area contributed by atoms with Crippen LogP contribution in [0.25, 0.3) is 10.1 Å². The van der Waals surface area contributed by atoms with Gasteiger partial charge in [0.1, 0.15) is 10.7 Å². The second-order valence-electron chi connectivity index (χ2n) is 4.46. The van der Waals surface area contributed by atoms with Gasteiger partial charge in [0.25, 0.3) is 10.0 Å². The summed E-state index contributed by atoms with van der Waals surface area (Å²) in [5.74, 6) is -0.578. The average Bonchev–Trinajstić information content (AvgIpc) is 2.85. The van der Waals surface area contributed by atoms with Crippen molar-refractivity contribution in [2.45, 2.75) is 4.90 Å². The average molecular weight is 322 g/mol. The molecule has 0 spiro atoms. The molecule has 108 valence electrons. The van der Waals surface area contributed by atoms with Crippen molar-refractivity contribution in [3.05, 3.63) is 53.7 Å². The predicted octanol–water partition coefficient (Wildman–Crippen LogP) is 3.42. The van der Waals surface area contributed by atoms with E-state index in [-0.39, 0.29) is 10.6 Å². The minimum Gasteiger partial charge on any atom is -0.398 e. The summed E-state index contributed by atoms with van der Waals surface area (Å²) in [6.07, 6.45) is 0. The summed E-state index contributed by atoms with van der Waals surface area (Å²) >= 11 is 1.58. The number of fused-ring (bicyclic) bond motifs is 1. The van der Waals surface area contributed by atoms with Gasteiger partial charge in [0, 0.05) is 10.4 Å². The van der Waals surface area contributed by atoms with Crippen molar-refractivity contribution in [2.75, 3.05) is 10.5 Å². The minimum absolute atomic E-state index is 0.126. The van der Waals surface area contributed by atoms with Crippen LogP contribution in [0.1, 0.15) is 0 Å². The number of nitrogen functional groups attached to an aromatic ring is 1. The van der Waals surface area contributed by atoms with E-state index in [9.17, 15) is 12.8 Å². The molecule has 0 atom stereocenters. The maximum absolute atomic E-state index is 13.0. The summed E-state index contributed by atoms with van der Waals surface area (Å²) in [4.78, 5) is -0.144. The first-order chi connectivity index (χ1) is 9.95. The lowest BCUT2D eigenvalue weighted by Crippen LogP contribution is -2.14. The Kier molecular flexibility index (Phi) is 3.30. The van der Waals surface area contributed by atoms with Gasteiger partial charge in [-0.05, 0) is 53.2 Å². The molecule has 0 fully saturated rings. The topological polar surface area (TPSA) is 72.2 Å². The van der Waals surface area contributed by atoms with Crippen LogP contribution >= 0.6 is 11.3 Å². The molecule has 4 nitrogen and oxygen atoms in total. The Labute approximate surface area is 125 Å². The van der Waals surface area contributed by atoms with Gasteiger partial charge in [-0.3, -0.25) is 4.72 Å². The number of sulfonamides is 1. The molecule has 0 aliphatic rings. The van der Waals surface area contributed by atoms with Gasteiger partial charge in [-0.25, -0.2) is 12.8 Å². The van der Waals surface area contributed by atoms with Gasteiger partial charge in [-0.1, -0.05) is 0 Å². The monoisotopic (exact) mass is 322 g/mol. The van der Waals surface area contributed by atoms with Crippen LogP contribution in [0.5, 0.6) is 0 Å². The van der Waals surface area contributed by atoms with E-state index in [0.717, 1.165) is 28.3 Å². The summed E-state index contributed by atoms with van der Waals surface area (Å²) in [5.41, 5.74) is 5.89. The van der Waals surface area contributed by atoms with Crippen LogP contribution in [0.4, 0.5) is 15.8 Å². The number of halogens is 1. The van der Waals surface area contributed by atoms with E-state index < -0.39 is 15.8 Å². The lowest BCUT2D eigenvalue weighted by Gasteiger charge is -2.10. The number of anilines is 2. The SMILES string of the molecule is Nc1cc(F)ccc1S(=O)(=O)Nc1ccc2sccc2c1. The number of nitrogens with one attached hydrogen (secondary N) is 1. The van der Waals surface area contributed by atoms with Crippen molar-refractivity contribution in [3.63, 3.8) is 0 Å². The lowest BCUT2D eigenvalue weighted by atomic mass is 10.2. The van der Waals surface area contributed by atoms with Gasteiger partial charge in [0.15, 0.2) is 0 Å². The van der Waals surface area contributed by atoms with Crippen LogP contribution in [0.2, 0.25) is 0 Å². The second-order valence-corrected chi connectivity index (χ2v) is 7.06. The van der Waals surface area contributed by atoms with E-state index in [1.807, 2.05) is 17.5 Å². The molecule has 3 aromatic rings. The Bertz CT molecular complexity index is 920. The zero-order chi connectivity index (χ0) is 15.0. The third-order valence-corrected chi connectivity index (χ3v) is 5.32. The van der Waals surface area contributed by atoms with Crippen LogP contribution in [0.3, 0.4) is 0 Å². The Morgan fingerprint density at radius 3 is 2.67 bits per heavy atom. The molecular weight excluding hydrogens is 311 g/mol. The van der Waals surface area contributed by atoms with Gasteiger partial charge >= 0.3 is 0 Å². The molecule has 21 heavy (non-hydrogen) atoms. The number of nitrogens with two attached hydrogens (primary N) is 1. The molecular formula is C14H11FN2O2S2. The predicted molar refractivity (Wildman–Crippen MR) is 83.4 cm³/mol. The number of thiophene rings is 1. The third kappa shape index (κ3) is 2.70. The molecule has 1 heterocycles. The molecule has 0 saturated heterocycles. The highest BCUT2D eigenvalue weighted by atomic mass is 32.2. The standard InChI is InChI=1S/C14H11FN2O2S2/c15-10-1-4-14(12(16)8-10)21(18,19)17-11-2-3-13-9(7-11)5-6-20-13/h1-8,17H,16H2. The van der Waals surface area contributed by atoms with Gasteiger partial charge in [-0.15, -0.1) is 11.3 Å². The highest BCUT2D eigenvalue weighted by Gasteiger charge is 2.18. The maximum Gasteiger partial charge on any atom is 0.263 e. The van der Waals surface area contributed by atoms with Crippen molar-refractivity contribution in [2.24, 2.45) is 0 Å². The molecule has 3 N–H and O–H groups in total. The van der Waals surface area contributed by atoms with E-state index in [0.29, 0.717) is 5.69 Å². The summed E-state index contributed by atoms with van der Waals surface area (Å²) < 4.78 is 41.1. The second kappa shape index (κ2) is 5.01. The molecule has 0 radical (unpaired) electrons. The molecule has 0 amide bonds. The lowest BCUT2D eigenvalue weighted by molar-refractivity contribution is 0.600. The van der Waals surface area contributed by atoms with Gasteiger partial charge < -0.3 is 5.73 Å². The van der Waals surface area contributed by atoms with E-state index in [4.69, 9.17) is 5.73 Å². The summed E-state index contributed by atoms with van der Waals surface area (Å²) in [6.45, 7) is 0. The van der Waals surface area contributed by atoms with Crippen LogP contribution in [0, 0.1) is 5.82 Å². The molecule has 2 aromatic carbocycles. The van der Waals surface area contributed by atoms with Gasteiger partial charge in [0.05, 0.1) is 5.69 Å². The number of rotatable bonds is 3. The summed E-state index contributed by atoms with van der Waals surface area (Å²) in [7, 11) is -3.85. The first-order valence-electron chi connectivity index (χ1n) is 6.01. The highest BCUT2D eigenvalue weighted by molar-refractivity contribution is 7.92. The molecule has 0 bridgehead atoms. The molecule has 0 aliphatic carbocycles. The quantitative estimate of drug-likeness (QED) is 0.726. The molecule has 3 rings (SSSR count). The number of benzene rings is 2. The smallest absolute Gasteiger partial charge is 0.263 e. The van der Waals surface area contributed by atoms with E-state index in [1.54, 1.807) is 23.5 Å². The summed E-state index contributed by atoms with van der Waals surface area (Å²) in [6, 6.07) is 10.4. The van der Waals surface area contributed by atoms with Gasteiger partial charge in [0.2, 0.25) is 0 Å². The van der Waals surface area contributed by atoms with Crippen molar-refractivity contribution in [1.29, 1.82) is 0 Å². The van der Waals surface area contributed by atoms with E-state index in [1.165, 1.54) is 0 Å². The van der Waals surface area contributed by atoms with Crippen molar-refractivity contribution < 1.29 is 12.8 Å². The third-order valence-electron chi connectivity index (χ3n) is 2.97. The Hall–Kier alpha value is -2.12. The fourth-order valence-corrected chi connectivity index (χ4v) is 3.94. The number of hydrogen-bond acceptors (Lipinski definition) is 4. The summed E-state index contributed by atoms with van der Waals surface area (Å²) in [5, 5.41) is 2.88. The highest BCUT2D eigenvalue weighted by Crippen LogP contribution is 2.27. The Morgan fingerprint density at radius 2 is 1.90 bits per heavy atom. The van der Waals surface area contributed by atoms with Crippen LogP contribution in [-0.2, 0) is 10.0 Å². The van der Waals surface area contributed by atoms with Crippen molar-refractivity contribution >= 4 is 42.8 Å². The van der Waals surface area contributed by atoms with Crippen LogP contribution < -0.4 is 10.5 Å². The van der Waals surface area contributed by atoms with Crippen molar-refractivity contribution in [1.82, 2.24) is 0 Å². The first-order valence-corrected chi connectivity index (χ1v) is 8.37. The fourth-order valence-electron chi connectivity index (χ4n) is 2.00. The largest absolute Gasteiger partial charge is 0.398 e. The molecule has 1 aromatic heterocycles. The minimum atomic E-state index is -3.85. The molecule has 0 aliphatic heterocycles. The molecule has 0 saturated carbocycles. The maximum atomic E-state index is 13.0. The molecule has 0 unspecified atom stereocenters. The zero-order valence-electron chi connectivity index (χ0n) is 10.7. The van der Waals surface area contributed by atoms with Gasteiger partial charge in [-0.2, -0.15) is 0 Å². The van der Waals surface area contributed by atoms with Crippen LogP contribution in [0.15, 0.2) is 52.7 Å². The normalized spacial score (nSPS) is 11.7. The van der Waals surface area contributed by atoms with Crippen molar-refractivity contribution in [3.8, 4) is 0 Å². The fraction of sp³-hybridized carbons (Fsp3) is 0. The molecule has 7 heteroatoms. The van der Waals surface area contributed by atoms with Crippen LogP contribution in [-0.4, -0.2) is 8.42 Å². The number of hydrogen-bond donors (Lipinski definition) is 2. The Morgan fingerprint density at radius 1 is 1.10 bits per heavy atom. The Balaban J connectivity index is 1.98. The van der Waals surface area contributed by atoms with E-state index >= 15 is 0 Å². The van der Waals surface area contributed by atoms with E-state index in [2.05, 4.69) is 4.72 Å².